The van der Waals surface area contributed by atoms with E-state index in [1.807, 2.05) is 0 Å². The second-order valence-electron chi connectivity index (χ2n) is 4.29. The lowest BCUT2D eigenvalue weighted by molar-refractivity contribution is 0.565. The molecule has 0 atom stereocenters. The third kappa shape index (κ3) is 2.51. The molecule has 0 aliphatic carbocycles. The van der Waals surface area contributed by atoms with Gasteiger partial charge in [0.05, 0.1) is 11.4 Å². The van der Waals surface area contributed by atoms with Gasteiger partial charge in [-0.3, -0.25) is 5.43 Å². The van der Waals surface area contributed by atoms with Crippen molar-refractivity contribution in [2.24, 2.45) is 19.2 Å². The van der Waals surface area contributed by atoms with E-state index >= 15 is 0 Å². The number of nitriles is 2. The van der Waals surface area contributed by atoms with Crippen molar-refractivity contribution in [3.63, 3.8) is 0 Å². The molecular weight excluding hydrogens is 286 g/mol. The van der Waals surface area contributed by atoms with Gasteiger partial charge in [-0.15, -0.1) is 0 Å². The zero-order chi connectivity index (χ0) is 16.3. The molecule has 0 amide bonds. The van der Waals surface area contributed by atoms with Gasteiger partial charge in [-0.25, -0.2) is 23.5 Å². The molecule has 0 fully saturated rings. The van der Waals surface area contributed by atoms with Gasteiger partial charge in [0, 0.05) is 14.1 Å². The van der Waals surface area contributed by atoms with Crippen LogP contribution in [0.15, 0.2) is 39.0 Å². The van der Waals surface area contributed by atoms with Crippen LogP contribution in [0.1, 0.15) is 0 Å². The maximum atomic E-state index is 12.0. The molecule has 0 aliphatic heterocycles. The number of nitrogens with zero attached hydrogens (tertiary/aromatic N) is 6. The van der Waals surface area contributed by atoms with E-state index in [4.69, 9.17) is 10.5 Å². The monoisotopic (exact) mass is 297 g/mol. The molecule has 0 spiro atoms. The zero-order valence-corrected chi connectivity index (χ0v) is 11.8. The summed E-state index contributed by atoms with van der Waals surface area (Å²) < 4.78 is 3.43. The van der Waals surface area contributed by atoms with E-state index in [1.54, 1.807) is 36.4 Å². The number of benzene rings is 1. The summed E-state index contributed by atoms with van der Waals surface area (Å²) >= 11 is 0. The molecule has 0 saturated heterocycles. The normalized spacial score (nSPS) is 9.64. The Morgan fingerprint density at radius 2 is 1.55 bits per heavy atom. The summed E-state index contributed by atoms with van der Waals surface area (Å²) in [7, 11) is 2.99. The van der Waals surface area contributed by atoms with Crippen LogP contribution in [0.4, 0.5) is 5.69 Å². The summed E-state index contributed by atoms with van der Waals surface area (Å²) in [6.07, 6.45) is 0. The van der Waals surface area contributed by atoms with Gasteiger partial charge < -0.3 is 0 Å². The molecule has 1 aromatic carbocycles. The first-order valence-electron chi connectivity index (χ1n) is 6.09. The van der Waals surface area contributed by atoms with Crippen LogP contribution in [0, 0.1) is 22.7 Å². The van der Waals surface area contributed by atoms with Crippen molar-refractivity contribution in [2.75, 3.05) is 5.43 Å². The number of nitrogens with one attached hydrogen (secondary N) is 1. The van der Waals surface area contributed by atoms with Crippen LogP contribution in [0.2, 0.25) is 0 Å². The zero-order valence-electron chi connectivity index (χ0n) is 11.8. The average molecular weight is 297 g/mol. The van der Waals surface area contributed by atoms with Crippen LogP contribution >= 0.6 is 0 Å². The molecule has 0 saturated carbocycles. The van der Waals surface area contributed by atoms with Crippen LogP contribution in [0.3, 0.4) is 0 Å². The Morgan fingerprint density at radius 1 is 1.05 bits per heavy atom. The highest BCUT2D eigenvalue weighted by Crippen LogP contribution is 2.11. The van der Waals surface area contributed by atoms with E-state index in [0.29, 0.717) is 11.4 Å². The highest BCUT2D eigenvalue weighted by atomic mass is 16.2. The predicted octanol–water partition coefficient (Wildman–Crippen LogP) is -0.310. The van der Waals surface area contributed by atoms with E-state index in [-0.39, 0.29) is 5.71 Å². The van der Waals surface area contributed by atoms with Gasteiger partial charge in [0.1, 0.15) is 12.1 Å². The second-order valence-corrected chi connectivity index (χ2v) is 4.29. The minimum absolute atomic E-state index is 0.308. The fourth-order valence-corrected chi connectivity index (χ4v) is 1.73. The quantitative estimate of drug-likeness (QED) is 0.615. The van der Waals surface area contributed by atoms with Crippen molar-refractivity contribution in [1.29, 1.82) is 10.5 Å². The summed E-state index contributed by atoms with van der Waals surface area (Å²) in [6.45, 7) is 0. The van der Waals surface area contributed by atoms with Gasteiger partial charge in [0.2, 0.25) is 5.71 Å². The average Bonchev–Trinajstić information content (AvgIpc) is 2.73. The molecule has 22 heavy (non-hydrogen) atoms. The van der Waals surface area contributed by atoms with E-state index in [9.17, 15) is 9.59 Å². The van der Waals surface area contributed by atoms with E-state index in [1.165, 1.54) is 23.5 Å². The number of rotatable bonds is 3. The van der Waals surface area contributed by atoms with Gasteiger partial charge in [-0.2, -0.15) is 15.6 Å². The first-order valence-corrected chi connectivity index (χ1v) is 6.09. The van der Waals surface area contributed by atoms with Crippen LogP contribution in [-0.2, 0) is 14.1 Å². The molecule has 2 rings (SSSR count). The largest absolute Gasteiger partial charge is 0.351 e. The van der Waals surface area contributed by atoms with Gasteiger partial charge >= 0.3 is 11.4 Å². The molecule has 1 heterocycles. The molecule has 0 radical (unpaired) electrons. The lowest BCUT2D eigenvalue weighted by atomic mass is 10.3. The summed E-state index contributed by atoms with van der Waals surface area (Å²) in [5, 5.41) is 20.7. The van der Waals surface area contributed by atoms with E-state index < -0.39 is 11.4 Å². The molecule has 1 aromatic heterocycles. The predicted molar refractivity (Wildman–Crippen MR) is 78.5 cm³/mol. The fourth-order valence-electron chi connectivity index (χ4n) is 1.73. The minimum atomic E-state index is -0.456. The second kappa shape index (κ2) is 5.81. The number of hydrogen-bond acceptors (Lipinski definition) is 6. The molecule has 110 valence electrons. The SMILES string of the molecule is Cn1c(=O)n(-c2ccc(NN=C(C#N)C#N)cc2)c(=O)n1C. The molecule has 9 heteroatoms. The fraction of sp³-hybridized carbons (Fsp3) is 0.154. The van der Waals surface area contributed by atoms with Crippen LogP contribution in [0.25, 0.3) is 5.69 Å². The van der Waals surface area contributed by atoms with Crippen molar-refractivity contribution in [1.82, 2.24) is 13.9 Å². The molecular formula is C13H11N7O2. The van der Waals surface area contributed by atoms with Crippen LogP contribution in [0.5, 0.6) is 0 Å². The molecule has 2 aromatic rings. The van der Waals surface area contributed by atoms with Crippen molar-refractivity contribution in [2.45, 2.75) is 0 Å². The van der Waals surface area contributed by atoms with Gasteiger partial charge in [-0.1, -0.05) is 0 Å². The first kappa shape index (κ1) is 14.8. The summed E-state index contributed by atoms with van der Waals surface area (Å²) in [5.74, 6) is 0. The number of hydrazone groups is 1. The third-order valence-corrected chi connectivity index (χ3v) is 3.02. The summed E-state index contributed by atoms with van der Waals surface area (Å²) in [6, 6.07) is 9.49. The maximum Gasteiger partial charge on any atom is 0.351 e. The van der Waals surface area contributed by atoms with Crippen molar-refractivity contribution < 1.29 is 0 Å². The lowest BCUT2D eigenvalue weighted by Gasteiger charge is -2.02. The van der Waals surface area contributed by atoms with Gasteiger partial charge in [-0.05, 0) is 24.3 Å². The van der Waals surface area contributed by atoms with Gasteiger partial charge in [0.25, 0.3) is 0 Å². The Morgan fingerprint density at radius 3 is 2.00 bits per heavy atom. The molecule has 0 bridgehead atoms. The Hall–Kier alpha value is -3.59. The minimum Gasteiger partial charge on any atom is -0.277 e. The Balaban J connectivity index is 2.36. The number of anilines is 1. The Kier molecular flexibility index (Phi) is 3.91. The highest BCUT2D eigenvalue weighted by Gasteiger charge is 2.11. The molecule has 1 N–H and O–H groups in total. The Labute approximate surface area is 124 Å². The van der Waals surface area contributed by atoms with Crippen LogP contribution < -0.4 is 16.8 Å². The van der Waals surface area contributed by atoms with Gasteiger partial charge in [0.15, 0.2) is 0 Å². The number of aromatic nitrogens is 3. The van der Waals surface area contributed by atoms with Crippen LogP contribution in [-0.4, -0.2) is 19.6 Å². The maximum absolute atomic E-state index is 12.0. The third-order valence-electron chi connectivity index (χ3n) is 3.02. The van der Waals surface area contributed by atoms with Crippen molar-refractivity contribution >= 4 is 11.4 Å². The molecule has 0 unspecified atom stereocenters. The standard InChI is InChI=1S/C13H11N7O2/c1-18-12(21)20(13(22)19(18)2)11-5-3-9(4-6-11)16-17-10(7-14)8-15/h3-6,16H,1-2H3. The summed E-state index contributed by atoms with van der Waals surface area (Å²) in [4.78, 5) is 24.0. The van der Waals surface area contributed by atoms with Crippen molar-refractivity contribution in [3.8, 4) is 17.8 Å². The molecule has 0 aliphatic rings. The lowest BCUT2D eigenvalue weighted by Crippen LogP contribution is -2.26. The number of hydrogen-bond donors (Lipinski definition) is 1. The topological polar surface area (TPSA) is 121 Å². The van der Waals surface area contributed by atoms with E-state index in [2.05, 4.69) is 10.5 Å². The molecule has 9 nitrogen and oxygen atoms in total. The van der Waals surface area contributed by atoms with Crippen molar-refractivity contribution in [3.05, 3.63) is 45.2 Å². The first-order chi connectivity index (χ1) is 10.5. The summed E-state index contributed by atoms with van der Waals surface area (Å²) in [5.41, 5.74) is 2.23. The Bertz CT molecular complexity index is 880. The smallest absolute Gasteiger partial charge is 0.277 e. The van der Waals surface area contributed by atoms with E-state index in [0.717, 1.165) is 4.57 Å². The highest BCUT2D eigenvalue weighted by molar-refractivity contribution is 6.10.